The maximum atomic E-state index is 14.4. The van der Waals surface area contributed by atoms with Crippen LogP contribution in [-0.2, 0) is 4.79 Å². The molecule has 0 bridgehead atoms. The number of benzene rings is 1. The van der Waals surface area contributed by atoms with E-state index in [9.17, 15) is 14.0 Å². The average molecular weight is 363 g/mol. The van der Waals surface area contributed by atoms with Crippen molar-refractivity contribution in [2.24, 2.45) is 17.4 Å². The number of hydrogen-bond acceptors (Lipinski definition) is 6. The van der Waals surface area contributed by atoms with Crippen LogP contribution in [0.3, 0.4) is 0 Å². The predicted molar refractivity (Wildman–Crippen MR) is 94.4 cm³/mol. The van der Waals surface area contributed by atoms with Gasteiger partial charge in [0.05, 0.1) is 22.6 Å². The zero-order chi connectivity index (χ0) is 18.1. The third-order valence-electron chi connectivity index (χ3n) is 3.97. The first-order valence-electron chi connectivity index (χ1n) is 7.74. The zero-order valence-corrected chi connectivity index (χ0v) is 14.3. The molecular weight excluding hydrogens is 345 g/mol. The fraction of sp³-hybridized carbons (Fsp3) is 0.312. The molecule has 3 rings (SSSR count). The summed E-state index contributed by atoms with van der Waals surface area (Å²) in [6.07, 6.45) is 1.74. The van der Waals surface area contributed by atoms with Crippen molar-refractivity contribution < 1.29 is 14.0 Å². The molecule has 1 aromatic heterocycles. The quantitative estimate of drug-likeness (QED) is 0.600. The number of amides is 2. The molecule has 6 N–H and O–H groups in total. The molecule has 25 heavy (non-hydrogen) atoms. The summed E-state index contributed by atoms with van der Waals surface area (Å²) in [4.78, 5) is 23.2. The lowest BCUT2D eigenvalue weighted by atomic mass is 10.1. The first-order valence-corrected chi connectivity index (χ1v) is 8.52. The molecule has 0 unspecified atom stereocenters. The molecule has 0 spiro atoms. The van der Waals surface area contributed by atoms with Crippen molar-refractivity contribution in [2.75, 3.05) is 10.6 Å². The Labute approximate surface area is 147 Å². The Morgan fingerprint density at radius 3 is 2.52 bits per heavy atom. The van der Waals surface area contributed by atoms with Crippen molar-refractivity contribution in [3.63, 3.8) is 0 Å². The summed E-state index contributed by atoms with van der Waals surface area (Å²) in [5.74, 6) is -1.86. The minimum absolute atomic E-state index is 0.0103. The first kappa shape index (κ1) is 17.2. The number of nitrogens with two attached hydrogens (primary N) is 2. The standard InChI is InChI=1S/C16H18FN5O2S/c1-7-4-13(25-22-7)20-11-6-12(10(17)5-9(11)15(18)23)21-14(16(19)24)8-2-3-8/h4-6,8,14,20-21H,2-3H2,1H3,(H2,18,23)(H2,19,24)/t14-/m1/s1. The molecule has 1 heterocycles. The number of hydrogen-bond donors (Lipinski definition) is 4. The van der Waals surface area contributed by atoms with Gasteiger partial charge < -0.3 is 22.1 Å². The van der Waals surface area contributed by atoms with Crippen LogP contribution in [-0.4, -0.2) is 22.2 Å². The molecule has 0 saturated heterocycles. The highest BCUT2D eigenvalue weighted by atomic mass is 32.1. The highest BCUT2D eigenvalue weighted by molar-refractivity contribution is 7.10. The molecule has 1 atom stereocenters. The number of aromatic nitrogens is 1. The number of aryl methyl sites for hydroxylation is 1. The van der Waals surface area contributed by atoms with Crippen LogP contribution in [0.1, 0.15) is 28.9 Å². The Morgan fingerprint density at radius 1 is 1.28 bits per heavy atom. The number of nitrogens with zero attached hydrogens (tertiary/aromatic N) is 1. The van der Waals surface area contributed by atoms with Gasteiger partial charge >= 0.3 is 0 Å². The fourth-order valence-corrected chi connectivity index (χ4v) is 3.24. The molecule has 1 aliphatic carbocycles. The van der Waals surface area contributed by atoms with E-state index in [-0.39, 0.29) is 17.2 Å². The highest BCUT2D eigenvalue weighted by Gasteiger charge is 2.35. The van der Waals surface area contributed by atoms with Crippen molar-refractivity contribution in [1.82, 2.24) is 4.37 Å². The Balaban J connectivity index is 1.94. The molecule has 9 heteroatoms. The van der Waals surface area contributed by atoms with E-state index in [1.165, 1.54) is 17.6 Å². The number of anilines is 3. The van der Waals surface area contributed by atoms with Crippen molar-refractivity contribution >= 4 is 39.7 Å². The molecule has 1 saturated carbocycles. The van der Waals surface area contributed by atoms with Crippen molar-refractivity contribution in [2.45, 2.75) is 25.8 Å². The second kappa shape index (κ2) is 6.67. The zero-order valence-electron chi connectivity index (χ0n) is 13.5. The van der Waals surface area contributed by atoms with E-state index in [1.54, 1.807) is 6.07 Å². The Hall–Kier alpha value is -2.68. The monoisotopic (exact) mass is 363 g/mol. The molecule has 7 nitrogen and oxygen atoms in total. The van der Waals surface area contributed by atoms with Gasteiger partial charge in [0, 0.05) is 0 Å². The summed E-state index contributed by atoms with van der Waals surface area (Å²) in [6.45, 7) is 1.83. The number of halogens is 1. The predicted octanol–water partition coefficient (Wildman–Crippen LogP) is 2.11. The minimum atomic E-state index is -0.761. The van der Waals surface area contributed by atoms with Gasteiger partial charge in [0.25, 0.3) is 5.91 Å². The van der Waals surface area contributed by atoms with E-state index >= 15 is 0 Å². The number of carbonyl (C=O) groups excluding carboxylic acids is 2. The van der Waals surface area contributed by atoms with Gasteiger partial charge in [-0.3, -0.25) is 9.59 Å². The normalized spacial score (nSPS) is 14.8. The third kappa shape index (κ3) is 3.87. The molecule has 2 aromatic rings. The van der Waals surface area contributed by atoms with Gasteiger partial charge in [0.15, 0.2) is 0 Å². The van der Waals surface area contributed by atoms with Crippen molar-refractivity contribution in [3.05, 3.63) is 35.3 Å². The minimum Gasteiger partial charge on any atom is -0.371 e. The number of nitrogens with one attached hydrogen (secondary N) is 2. The van der Waals surface area contributed by atoms with Gasteiger partial charge in [-0.2, -0.15) is 4.37 Å². The maximum absolute atomic E-state index is 14.4. The van der Waals surface area contributed by atoms with E-state index in [2.05, 4.69) is 15.0 Å². The highest BCUT2D eigenvalue weighted by Crippen LogP contribution is 2.36. The Morgan fingerprint density at radius 2 is 2.00 bits per heavy atom. The summed E-state index contributed by atoms with van der Waals surface area (Å²) in [5, 5.41) is 6.56. The van der Waals surface area contributed by atoms with E-state index in [0.717, 1.165) is 24.6 Å². The Bertz CT molecular complexity index is 834. The topological polar surface area (TPSA) is 123 Å². The second-order valence-electron chi connectivity index (χ2n) is 6.06. The third-order valence-corrected chi connectivity index (χ3v) is 4.77. The summed E-state index contributed by atoms with van der Waals surface area (Å²) >= 11 is 1.21. The van der Waals surface area contributed by atoms with Crippen LogP contribution in [0.2, 0.25) is 0 Å². The van der Waals surface area contributed by atoms with Gasteiger partial charge in [-0.25, -0.2) is 4.39 Å². The molecule has 1 aromatic carbocycles. The number of primary amides is 2. The van der Waals surface area contributed by atoms with Crippen LogP contribution in [0.5, 0.6) is 0 Å². The summed E-state index contributed by atoms with van der Waals surface area (Å²) in [6, 6.07) is 3.61. The van der Waals surface area contributed by atoms with Gasteiger partial charge in [-0.1, -0.05) is 0 Å². The summed E-state index contributed by atoms with van der Waals surface area (Å²) in [5.41, 5.74) is 12.0. The molecule has 0 aliphatic heterocycles. The molecular formula is C16H18FN5O2S. The van der Waals surface area contributed by atoms with E-state index in [0.29, 0.717) is 10.7 Å². The largest absolute Gasteiger partial charge is 0.371 e. The van der Waals surface area contributed by atoms with Crippen molar-refractivity contribution in [3.8, 4) is 0 Å². The van der Waals surface area contributed by atoms with E-state index < -0.39 is 23.7 Å². The van der Waals surface area contributed by atoms with E-state index in [4.69, 9.17) is 11.5 Å². The molecule has 132 valence electrons. The van der Waals surface area contributed by atoms with Crippen LogP contribution >= 0.6 is 11.5 Å². The number of carbonyl (C=O) groups is 2. The van der Waals surface area contributed by atoms with Crippen LogP contribution in [0.4, 0.5) is 20.8 Å². The Kier molecular flexibility index (Phi) is 4.58. The van der Waals surface area contributed by atoms with Gasteiger partial charge in [-0.15, -0.1) is 0 Å². The lowest BCUT2D eigenvalue weighted by Gasteiger charge is -2.18. The smallest absolute Gasteiger partial charge is 0.250 e. The van der Waals surface area contributed by atoms with Gasteiger partial charge in [0.1, 0.15) is 16.9 Å². The molecule has 0 radical (unpaired) electrons. The lowest BCUT2D eigenvalue weighted by molar-refractivity contribution is -0.119. The summed E-state index contributed by atoms with van der Waals surface area (Å²) < 4.78 is 18.5. The van der Waals surface area contributed by atoms with E-state index in [1.807, 2.05) is 6.92 Å². The van der Waals surface area contributed by atoms with Gasteiger partial charge in [0.2, 0.25) is 5.91 Å². The second-order valence-corrected chi connectivity index (χ2v) is 6.87. The van der Waals surface area contributed by atoms with Crippen LogP contribution in [0.25, 0.3) is 0 Å². The van der Waals surface area contributed by atoms with Crippen LogP contribution in [0.15, 0.2) is 18.2 Å². The summed E-state index contributed by atoms with van der Waals surface area (Å²) in [7, 11) is 0. The first-order chi connectivity index (χ1) is 11.8. The number of rotatable bonds is 7. The van der Waals surface area contributed by atoms with Gasteiger partial charge in [-0.05, 0) is 55.4 Å². The fourth-order valence-electron chi connectivity index (χ4n) is 2.56. The molecule has 1 fully saturated rings. The SMILES string of the molecule is Cc1cc(Nc2cc(N[C@@H](C(N)=O)C3CC3)c(F)cc2C(N)=O)sn1. The van der Waals surface area contributed by atoms with Crippen LogP contribution < -0.4 is 22.1 Å². The molecule has 1 aliphatic rings. The average Bonchev–Trinajstić information content (AvgIpc) is 3.29. The lowest BCUT2D eigenvalue weighted by Crippen LogP contribution is -2.37. The van der Waals surface area contributed by atoms with Crippen LogP contribution in [0, 0.1) is 18.7 Å². The maximum Gasteiger partial charge on any atom is 0.250 e. The van der Waals surface area contributed by atoms with Crippen molar-refractivity contribution in [1.29, 1.82) is 0 Å². The molecule has 2 amide bonds.